The molecule has 1 N–H and O–H groups in total. The number of ether oxygens (including phenoxy) is 1. The predicted molar refractivity (Wildman–Crippen MR) is 133 cm³/mol. The summed E-state index contributed by atoms with van der Waals surface area (Å²) in [6.45, 7) is 12.7. The van der Waals surface area contributed by atoms with Crippen molar-refractivity contribution < 1.29 is 9.53 Å². The summed E-state index contributed by atoms with van der Waals surface area (Å²) in [5, 5.41) is 12.2. The van der Waals surface area contributed by atoms with Crippen LogP contribution in [0.1, 0.15) is 28.1 Å². The van der Waals surface area contributed by atoms with E-state index in [4.69, 9.17) is 4.74 Å². The van der Waals surface area contributed by atoms with Crippen molar-refractivity contribution in [3.05, 3.63) is 75.5 Å². The second kappa shape index (κ2) is 10.8. The normalized spacial score (nSPS) is 10.8. The summed E-state index contributed by atoms with van der Waals surface area (Å²) in [5.74, 6) is 1.65. The van der Waals surface area contributed by atoms with E-state index >= 15 is 0 Å². The molecule has 1 amide bonds. The van der Waals surface area contributed by atoms with Crippen molar-refractivity contribution in [2.45, 2.75) is 46.0 Å². The highest BCUT2D eigenvalue weighted by molar-refractivity contribution is 9.10. The number of aromatic nitrogens is 3. The quantitative estimate of drug-likeness (QED) is 0.290. The van der Waals surface area contributed by atoms with Crippen LogP contribution in [0, 0.1) is 27.7 Å². The zero-order chi connectivity index (χ0) is 23.3. The van der Waals surface area contributed by atoms with Crippen LogP contribution in [-0.4, -0.2) is 26.4 Å². The van der Waals surface area contributed by atoms with Crippen LogP contribution in [-0.2, 0) is 17.9 Å². The van der Waals surface area contributed by atoms with Gasteiger partial charge in [0.1, 0.15) is 12.4 Å². The lowest BCUT2D eigenvalue weighted by molar-refractivity contribution is -0.113. The molecule has 3 aromatic rings. The summed E-state index contributed by atoms with van der Waals surface area (Å²) in [5.41, 5.74) is 5.14. The van der Waals surface area contributed by atoms with Crippen molar-refractivity contribution >= 4 is 39.3 Å². The zero-order valence-corrected chi connectivity index (χ0v) is 21.1. The van der Waals surface area contributed by atoms with Gasteiger partial charge < -0.3 is 10.1 Å². The molecule has 168 valence electrons. The van der Waals surface area contributed by atoms with Crippen molar-refractivity contribution in [1.82, 2.24) is 14.8 Å². The number of aryl methyl sites for hydroxylation is 3. The van der Waals surface area contributed by atoms with Gasteiger partial charge in [-0.15, -0.1) is 16.8 Å². The molecule has 0 spiro atoms. The number of carbonyl (C=O) groups is 1. The summed E-state index contributed by atoms with van der Waals surface area (Å²) < 4.78 is 8.91. The van der Waals surface area contributed by atoms with Crippen molar-refractivity contribution in [3.8, 4) is 5.75 Å². The Kier molecular flexibility index (Phi) is 8.15. The molecule has 0 fully saturated rings. The molecule has 1 heterocycles. The molecule has 1 aromatic heterocycles. The highest BCUT2D eigenvalue weighted by Gasteiger charge is 2.16. The minimum atomic E-state index is -0.0927. The number of amides is 1. The SMILES string of the molecule is C=CCn1c(COc2cccc(C)c2C)nnc1SCC(=O)Nc1c(C)cc(Br)cc1C. The van der Waals surface area contributed by atoms with Crippen LogP contribution in [0.4, 0.5) is 5.69 Å². The lowest BCUT2D eigenvalue weighted by Crippen LogP contribution is -2.16. The van der Waals surface area contributed by atoms with Gasteiger partial charge in [-0.2, -0.15) is 0 Å². The summed E-state index contributed by atoms with van der Waals surface area (Å²) >= 11 is 4.82. The number of nitrogens with one attached hydrogen (secondary N) is 1. The molecular formula is C24H27BrN4O2S. The molecule has 0 bridgehead atoms. The standard InChI is InChI=1S/C24H27BrN4O2S/c1-6-10-29-21(13-31-20-9-7-8-15(2)18(20)5)27-28-24(29)32-14-22(30)26-23-16(3)11-19(25)12-17(23)4/h6-9,11-12H,1,10,13-14H2,2-5H3,(H,26,30). The molecule has 0 aliphatic heterocycles. The average Bonchev–Trinajstić information content (AvgIpc) is 3.12. The van der Waals surface area contributed by atoms with Crippen LogP contribution in [0.5, 0.6) is 5.75 Å². The first-order chi connectivity index (χ1) is 15.3. The van der Waals surface area contributed by atoms with Gasteiger partial charge in [-0.3, -0.25) is 9.36 Å². The van der Waals surface area contributed by atoms with Crippen molar-refractivity contribution in [2.24, 2.45) is 0 Å². The van der Waals surface area contributed by atoms with Gasteiger partial charge in [0, 0.05) is 16.7 Å². The van der Waals surface area contributed by atoms with Gasteiger partial charge in [0.05, 0.1) is 5.75 Å². The molecule has 0 saturated carbocycles. The Bertz CT molecular complexity index is 1120. The summed E-state index contributed by atoms with van der Waals surface area (Å²) in [7, 11) is 0. The summed E-state index contributed by atoms with van der Waals surface area (Å²) in [4.78, 5) is 12.6. The van der Waals surface area contributed by atoms with Gasteiger partial charge in [-0.25, -0.2) is 0 Å². The van der Waals surface area contributed by atoms with E-state index in [0.29, 0.717) is 17.5 Å². The van der Waals surface area contributed by atoms with E-state index in [9.17, 15) is 4.79 Å². The van der Waals surface area contributed by atoms with E-state index < -0.39 is 0 Å². The maximum Gasteiger partial charge on any atom is 0.234 e. The van der Waals surface area contributed by atoms with Gasteiger partial charge in [0.15, 0.2) is 11.0 Å². The van der Waals surface area contributed by atoms with Gasteiger partial charge in [0.2, 0.25) is 5.91 Å². The number of anilines is 1. The number of rotatable bonds is 9. The Balaban J connectivity index is 1.67. The molecule has 6 nitrogen and oxygen atoms in total. The van der Waals surface area contributed by atoms with Crippen LogP contribution in [0.3, 0.4) is 0 Å². The molecule has 0 unspecified atom stereocenters. The molecule has 0 aliphatic carbocycles. The third kappa shape index (κ3) is 5.81. The summed E-state index contributed by atoms with van der Waals surface area (Å²) in [6, 6.07) is 9.94. The van der Waals surface area contributed by atoms with E-state index in [-0.39, 0.29) is 18.3 Å². The van der Waals surface area contributed by atoms with Gasteiger partial charge in [-0.1, -0.05) is 45.9 Å². The van der Waals surface area contributed by atoms with E-state index in [1.807, 2.05) is 49.6 Å². The Morgan fingerprint density at radius 3 is 2.59 bits per heavy atom. The van der Waals surface area contributed by atoms with Gasteiger partial charge in [-0.05, 0) is 68.1 Å². The Morgan fingerprint density at radius 2 is 1.91 bits per heavy atom. The number of hydrogen-bond donors (Lipinski definition) is 1. The van der Waals surface area contributed by atoms with E-state index in [0.717, 1.165) is 32.6 Å². The third-order valence-corrected chi connectivity index (χ3v) is 6.54. The molecule has 0 atom stereocenters. The van der Waals surface area contributed by atoms with Crippen LogP contribution < -0.4 is 10.1 Å². The molecule has 0 radical (unpaired) electrons. The van der Waals surface area contributed by atoms with Crippen molar-refractivity contribution in [2.75, 3.05) is 11.1 Å². The van der Waals surface area contributed by atoms with Gasteiger partial charge in [0.25, 0.3) is 0 Å². The first-order valence-corrected chi connectivity index (χ1v) is 12.0. The second-order valence-electron chi connectivity index (χ2n) is 7.54. The first-order valence-electron chi connectivity index (χ1n) is 10.2. The fourth-order valence-electron chi connectivity index (χ4n) is 3.28. The predicted octanol–water partition coefficient (Wildman–Crippen LogP) is 5.77. The topological polar surface area (TPSA) is 69.0 Å². The smallest absolute Gasteiger partial charge is 0.234 e. The minimum Gasteiger partial charge on any atom is -0.485 e. The highest BCUT2D eigenvalue weighted by atomic mass is 79.9. The maximum absolute atomic E-state index is 12.6. The fraction of sp³-hybridized carbons (Fsp3) is 0.292. The molecule has 32 heavy (non-hydrogen) atoms. The number of hydrogen-bond acceptors (Lipinski definition) is 5. The maximum atomic E-state index is 12.6. The Hall–Kier alpha value is -2.58. The van der Waals surface area contributed by atoms with Crippen LogP contribution in [0.25, 0.3) is 0 Å². The van der Waals surface area contributed by atoms with Gasteiger partial charge >= 0.3 is 0 Å². The van der Waals surface area contributed by atoms with Crippen molar-refractivity contribution in [3.63, 3.8) is 0 Å². The first kappa shape index (κ1) is 24.1. The highest BCUT2D eigenvalue weighted by Crippen LogP contribution is 2.26. The number of nitrogens with zero attached hydrogens (tertiary/aromatic N) is 3. The molecule has 8 heteroatoms. The number of allylic oxidation sites excluding steroid dienone is 1. The molecule has 0 aliphatic rings. The Morgan fingerprint density at radius 1 is 1.19 bits per heavy atom. The molecule has 2 aromatic carbocycles. The lowest BCUT2D eigenvalue weighted by Gasteiger charge is -2.13. The average molecular weight is 515 g/mol. The van der Waals surface area contributed by atoms with Crippen LogP contribution in [0.2, 0.25) is 0 Å². The largest absolute Gasteiger partial charge is 0.485 e. The minimum absolute atomic E-state index is 0.0927. The van der Waals surface area contributed by atoms with E-state index in [2.05, 4.69) is 51.0 Å². The number of halogens is 1. The fourth-order valence-corrected chi connectivity index (χ4v) is 4.73. The third-order valence-electron chi connectivity index (χ3n) is 5.11. The van der Waals surface area contributed by atoms with Crippen LogP contribution >= 0.6 is 27.7 Å². The molecular weight excluding hydrogens is 488 g/mol. The van der Waals surface area contributed by atoms with E-state index in [1.54, 1.807) is 6.08 Å². The van der Waals surface area contributed by atoms with E-state index in [1.165, 1.54) is 17.3 Å². The monoisotopic (exact) mass is 514 g/mol. The lowest BCUT2D eigenvalue weighted by atomic mass is 10.1. The molecule has 0 saturated heterocycles. The zero-order valence-electron chi connectivity index (χ0n) is 18.7. The Labute approximate surface area is 201 Å². The number of thioether (sulfide) groups is 1. The number of carbonyl (C=O) groups excluding carboxylic acids is 1. The van der Waals surface area contributed by atoms with Crippen LogP contribution in [0.15, 0.2) is 52.6 Å². The molecule has 3 rings (SSSR count). The second-order valence-corrected chi connectivity index (χ2v) is 9.39. The summed E-state index contributed by atoms with van der Waals surface area (Å²) in [6.07, 6.45) is 1.78. The number of benzene rings is 2. The van der Waals surface area contributed by atoms with Crippen molar-refractivity contribution in [1.29, 1.82) is 0 Å².